The van der Waals surface area contributed by atoms with Crippen molar-refractivity contribution >= 4 is 17.4 Å². The lowest BCUT2D eigenvalue weighted by atomic mass is 10.0. The minimum absolute atomic E-state index is 0.222. The monoisotopic (exact) mass is 295 g/mol. The van der Waals surface area contributed by atoms with Crippen LogP contribution in [0.25, 0.3) is 0 Å². The molecule has 0 saturated carbocycles. The summed E-state index contributed by atoms with van der Waals surface area (Å²) in [5, 5.41) is 2.75. The molecule has 3 heteroatoms. The van der Waals surface area contributed by atoms with Gasteiger partial charge in [0.1, 0.15) is 0 Å². The highest BCUT2D eigenvalue weighted by atomic mass is 16.2. The largest absolute Gasteiger partial charge is 0.319 e. The molecule has 0 unspecified atom stereocenters. The number of carbonyl (C=O) groups is 2. The van der Waals surface area contributed by atoms with E-state index < -0.39 is 5.91 Å². The SMILES string of the molecule is Cc1cc(C)c(NC(=O)C(=O)CCc2ccccc2)c(C)c1. The van der Waals surface area contributed by atoms with Gasteiger partial charge in [-0.1, -0.05) is 48.0 Å². The van der Waals surface area contributed by atoms with Crippen LogP contribution in [0.15, 0.2) is 42.5 Å². The van der Waals surface area contributed by atoms with Gasteiger partial charge in [0.05, 0.1) is 0 Å². The second-order valence-corrected chi connectivity index (χ2v) is 5.64. The molecular formula is C19H21NO2. The molecule has 2 aromatic rings. The molecule has 3 nitrogen and oxygen atoms in total. The van der Waals surface area contributed by atoms with Gasteiger partial charge in [-0.05, 0) is 43.9 Å². The van der Waals surface area contributed by atoms with Gasteiger partial charge in [-0.15, -0.1) is 0 Å². The number of Topliss-reactive ketones (excluding diaryl/α,β-unsaturated/α-hetero) is 1. The number of hydrogen-bond donors (Lipinski definition) is 1. The molecule has 0 aromatic heterocycles. The van der Waals surface area contributed by atoms with Crippen molar-refractivity contribution in [3.8, 4) is 0 Å². The van der Waals surface area contributed by atoms with Crippen LogP contribution in [0.3, 0.4) is 0 Å². The van der Waals surface area contributed by atoms with Crippen LogP contribution in [-0.2, 0) is 16.0 Å². The molecule has 114 valence electrons. The topological polar surface area (TPSA) is 46.2 Å². The van der Waals surface area contributed by atoms with E-state index in [9.17, 15) is 9.59 Å². The third-order valence-corrected chi connectivity index (χ3v) is 3.65. The molecule has 1 amide bonds. The Morgan fingerprint density at radius 3 is 2.14 bits per heavy atom. The molecule has 0 aliphatic carbocycles. The molecule has 0 bridgehead atoms. The van der Waals surface area contributed by atoms with E-state index in [2.05, 4.69) is 5.32 Å². The maximum Gasteiger partial charge on any atom is 0.291 e. The molecule has 22 heavy (non-hydrogen) atoms. The molecule has 0 aliphatic heterocycles. The molecule has 2 aromatic carbocycles. The van der Waals surface area contributed by atoms with Gasteiger partial charge in [-0.25, -0.2) is 0 Å². The van der Waals surface area contributed by atoms with E-state index in [4.69, 9.17) is 0 Å². The predicted octanol–water partition coefficient (Wildman–Crippen LogP) is 3.75. The number of benzene rings is 2. The smallest absolute Gasteiger partial charge is 0.291 e. The van der Waals surface area contributed by atoms with Crippen LogP contribution in [0.2, 0.25) is 0 Å². The molecule has 0 aliphatic rings. The molecule has 0 heterocycles. The summed E-state index contributed by atoms with van der Waals surface area (Å²) in [6.07, 6.45) is 0.804. The summed E-state index contributed by atoms with van der Waals surface area (Å²) in [6.45, 7) is 5.88. The average molecular weight is 295 g/mol. The summed E-state index contributed by atoms with van der Waals surface area (Å²) in [4.78, 5) is 24.1. The molecule has 0 radical (unpaired) electrons. The number of carbonyl (C=O) groups excluding carboxylic acids is 2. The maximum atomic E-state index is 12.1. The standard InChI is InChI=1S/C19H21NO2/c1-13-11-14(2)18(15(3)12-13)20-19(22)17(21)10-9-16-7-5-4-6-8-16/h4-8,11-12H,9-10H2,1-3H3,(H,20,22). The van der Waals surface area contributed by atoms with Gasteiger partial charge >= 0.3 is 0 Å². The minimum Gasteiger partial charge on any atom is -0.319 e. The van der Waals surface area contributed by atoms with Crippen LogP contribution >= 0.6 is 0 Å². The fourth-order valence-corrected chi connectivity index (χ4v) is 2.58. The van der Waals surface area contributed by atoms with Crippen LogP contribution in [0.4, 0.5) is 5.69 Å². The van der Waals surface area contributed by atoms with Gasteiger partial charge in [0.25, 0.3) is 5.91 Å². The first-order valence-corrected chi connectivity index (χ1v) is 7.43. The lowest BCUT2D eigenvalue weighted by molar-refractivity contribution is -0.134. The fraction of sp³-hybridized carbons (Fsp3) is 0.263. The quantitative estimate of drug-likeness (QED) is 0.854. The van der Waals surface area contributed by atoms with E-state index in [1.807, 2.05) is 63.2 Å². The van der Waals surface area contributed by atoms with Crippen LogP contribution < -0.4 is 5.32 Å². The van der Waals surface area contributed by atoms with E-state index in [0.717, 1.165) is 27.9 Å². The Bertz CT molecular complexity index is 667. The van der Waals surface area contributed by atoms with E-state index in [1.54, 1.807) is 0 Å². The maximum absolute atomic E-state index is 12.1. The Kier molecular flexibility index (Phi) is 5.10. The van der Waals surface area contributed by atoms with E-state index in [-0.39, 0.29) is 12.2 Å². The van der Waals surface area contributed by atoms with Crippen LogP contribution in [0.1, 0.15) is 28.7 Å². The summed E-state index contributed by atoms with van der Waals surface area (Å²) < 4.78 is 0. The first-order chi connectivity index (χ1) is 10.5. The van der Waals surface area contributed by atoms with Crippen molar-refractivity contribution in [1.82, 2.24) is 0 Å². The Labute approximate surface area is 131 Å². The number of nitrogens with one attached hydrogen (secondary N) is 1. The summed E-state index contributed by atoms with van der Waals surface area (Å²) in [7, 11) is 0. The van der Waals surface area contributed by atoms with Crippen LogP contribution in [-0.4, -0.2) is 11.7 Å². The molecule has 0 fully saturated rings. The van der Waals surface area contributed by atoms with E-state index >= 15 is 0 Å². The number of hydrogen-bond acceptors (Lipinski definition) is 2. The zero-order valence-corrected chi connectivity index (χ0v) is 13.3. The number of aryl methyl sites for hydroxylation is 4. The molecule has 0 atom stereocenters. The third-order valence-electron chi connectivity index (χ3n) is 3.65. The van der Waals surface area contributed by atoms with Crippen molar-refractivity contribution in [3.63, 3.8) is 0 Å². The number of anilines is 1. The number of rotatable bonds is 5. The Hall–Kier alpha value is -2.42. The minimum atomic E-state index is -0.536. The third kappa shape index (κ3) is 4.04. The Morgan fingerprint density at radius 2 is 1.55 bits per heavy atom. The molecule has 0 saturated heterocycles. The summed E-state index contributed by atoms with van der Waals surface area (Å²) in [6, 6.07) is 13.7. The van der Waals surface area contributed by atoms with Crippen LogP contribution in [0, 0.1) is 20.8 Å². The van der Waals surface area contributed by atoms with E-state index in [1.165, 1.54) is 0 Å². The fourth-order valence-electron chi connectivity index (χ4n) is 2.58. The van der Waals surface area contributed by atoms with Gasteiger partial charge in [0.2, 0.25) is 5.78 Å². The highest BCUT2D eigenvalue weighted by molar-refractivity contribution is 6.40. The summed E-state index contributed by atoms with van der Waals surface area (Å²) >= 11 is 0. The molecule has 2 rings (SSSR count). The van der Waals surface area contributed by atoms with Crippen molar-refractivity contribution < 1.29 is 9.59 Å². The summed E-state index contributed by atoms with van der Waals surface area (Å²) in [5.41, 5.74) is 4.89. The Morgan fingerprint density at radius 1 is 0.955 bits per heavy atom. The second kappa shape index (κ2) is 7.03. The Balaban J connectivity index is 1.99. The lowest BCUT2D eigenvalue weighted by Crippen LogP contribution is -2.24. The van der Waals surface area contributed by atoms with Crippen molar-refractivity contribution in [1.29, 1.82) is 0 Å². The first kappa shape index (κ1) is 16.0. The van der Waals surface area contributed by atoms with Gasteiger partial charge in [0, 0.05) is 12.1 Å². The number of amides is 1. The van der Waals surface area contributed by atoms with Crippen molar-refractivity contribution in [2.75, 3.05) is 5.32 Å². The molecular weight excluding hydrogens is 274 g/mol. The first-order valence-electron chi connectivity index (χ1n) is 7.43. The van der Waals surface area contributed by atoms with Gasteiger partial charge in [-0.2, -0.15) is 0 Å². The van der Waals surface area contributed by atoms with Crippen molar-refractivity contribution in [3.05, 3.63) is 64.7 Å². The molecule has 0 spiro atoms. The highest BCUT2D eigenvalue weighted by Crippen LogP contribution is 2.22. The lowest BCUT2D eigenvalue weighted by Gasteiger charge is -2.12. The van der Waals surface area contributed by atoms with Gasteiger partial charge in [0.15, 0.2) is 0 Å². The molecule has 1 N–H and O–H groups in total. The highest BCUT2D eigenvalue weighted by Gasteiger charge is 2.16. The van der Waals surface area contributed by atoms with Crippen molar-refractivity contribution in [2.24, 2.45) is 0 Å². The van der Waals surface area contributed by atoms with Gasteiger partial charge < -0.3 is 5.32 Å². The summed E-state index contributed by atoms with van der Waals surface area (Å²) in [5.74, 6) is -0.922. The zero-order chi connectivity index (χ0) is 16.1. The zero-order valence-electron chi connectivity index (χ0n) is 13.3. The van der Waals surface area contributed by atoms with Crippen molar-refractivity contribution in [2.45, 2.75) is 33.6 Å². The predicted molar refractivity (Wildman–Crippen MR) is 89.1 cm³/mol. The van der Waals surface area contributed by atoms with Crippen LogP contribution in [0.5, 0.6) is 0 Å². The normalized spacial score (nSPS) is 10.3. The van der Waals surface area contributed by atoms with Gasteiger partial charge in [-0.3, -0.25) is 9.59 Å². The average Bonchev–Trinajstić information content (AvgIpc) is 2.49. The number of ketones is 1. The van der Waals surface area contributed by atoms with E-state index in [0.29, 0.717) is 6.42 Å². The second-order valence-electron chi connectivity index (χ2n) is 5.64.